The molecule has 7 heteroatoms. The molecule has 170 valence electrons. The number of nitrogens with zero attached hydrogens (tertiary/aromatic N) is 4. The number of carbonyl (C=O) groups excluding carboxylic acids is 2. The van der Waals surface area contributed by atoms with Crippen LogP contribution in [0.5, 0.6) is 0 Å². The van der Waals surface area contributed by atoms with E-state index < -0.39 is 0 Å². The van der Waals surface area contributed by atoms with Gasteiger partial charge in [0.25, 0.3) is 11.8 Å². The average molecular weight is 461 g/mol. The van der Waals surface area contributed by atoms with Crippen LogP contribution in [0.4, 0.5) is 5.69 Å². The summed E-state index contributed by atoms with van der Waals surface area (Å²) in [7, 11) is 0. The van der Waals surface area contributed by atoms with Gasteiger partial charge >= 0.3 is 0 Å². The number of imide groups is 1. The first-order valence-corrected chi connectivity index (χ1v) is 12.4. The van der Waals surface area contributed by atoms with Crippen molar-refractivity contribution >= 4 is 28.8 Å². The van der Waals surface area contributed by atoms with E-state index in [1.54, 1.807) is 12.3 Å². The number of hydrogen-bond acceptors (Lipinski definition) is 6. The fourth-order valence-electron chi connectivity index (χ4n) is 4.82. The summed E-state index contributed by atoms with van der Waals surface area (Å²) in [5, 5.41) is 2.64. The van der Waals surface area contributed by atoms with E-state index in [-0.39, 0.29) is 17.9 Å². The van der Waals surface area contributed by atoms with E-state index in [0.717, 1.165) is 56.3 Å². The van der Waals surface area contributed by atoms with E-state index >= 15 is 0 Å². The minimum absolute atomic E-state index is 0.210. The zero-order chi connectivity index (χ0) is 22.8. The van der Waals surface area contributed by atoms with E-state index in [0.29, 0.717) is 11.1 Å². The smallest absolute Gasteiger partial charge is 0.264 e. The fraction of sp³-hybridized carbons (Fsp3) is 0.346. The Morgan fingerprint density at radius 3 is 2.48 bits per heavy atom. The van der Waals surface area contributed by atoms with Crippen LogP contribution in [-0.4, -0.2) is 59.3 Å². The van der Waals surface area contributed by atoms with E-state index in [2.05, 4.69) is 45.1 Å². The third-order valence-electron chi connectivity index (χ3n) is 6.62. The van der Waals surface area contributed by atoms with Gasteiger partial charge in [-0.25, -0.2) is 4.98 Å². The molecule has 2 aliphatic rings. The van der Waals surface area contributed by atoms with Gasteiger partial charge in [-0.15, -0.1) is 11.3 Å². The summed E-state index contributed by atoms with van der Waals surface area (Å²) < 4.78 is 0. The molecule has 6 nitrogen and oxygen atoms in total. The highest BCUT2D eigenvalue weighted by atomic mass is 32.1. The van der Waals surface area contributed by atoms with Crippen molar-refractivity contribution in [3.05, 3.63) is 81.8 Å². The lowest BCUT2D eigenvalue weighted by atomic mass is 10.1. The second-order valence-corrected chi connectivity index (χ2v) is 9.57. The van der Waals surface area contributed by atoms with Crippen molar-refractivity contribution in [2.45, 2.75) is 25.8 Å². The Bertz CT molecular complexity index is 1120. The number of rotatable bonds is 7. The van der Waals surface area contributed by atoms with Crippen molar-refractivity contribution in [1.29, 1.82) is 0 Å². The highest BCUT2D eigenvalue weighted by molar-refractivity contribution is 7.09. The lowest BCUT2D eigenvalue weighted by molar-refractivity contribution is 0.0595. The fourth-order valence-corrected chi connectivity index (χ4v) is 5.50. The number of hydrogen-bond donors (Lipinski definition) is 0. The van der Waals surface area contributed by atoms with Crippen LogP contribution in [0.25, 0.3) is 0 Å². The van der Waals surface area contributed by atoms with Crippen LogP contribution in [-0.2, 0) is 6.42 Å². The van der Waals surface area contributed by atoms with Crippen molar-refractivity contribution in [3.63, 3.8) is 0 Å². The standard InChI is InChI=1S/C26H28N4O2S/c1-19(24-27-12-18-33-24)30-25(31)21-10-5-11-22(23(21)26(30)32)29-16-14-28(15-17-29)13-6-9-20-7-3-2-4-8-20/h2-5,7-8,10-12,18-19H,6,9,13-17H2,1H3/t19-/m0/s1. The van der Waals surface area contributed by atoms with Gasteiger partial charge in [-0.2, -0.15) is 0 Å². The molecule has 0 bridgehead atoms. The van der Waals surface area contributed by atoms with Crippen molar-refractivity contribution in [1.82, 2.24) is 14.8 Å². The Labute approximate surface area is 198 Å². The maximum Gasteiger partial charge on any atom is 0.264 e. The third-order valence-corrected chi connectivity index (χ3v) is 7.56. The van der Waals surface area contributed by atoms with Crippen LogP contribution in [0.1, 0.15) is 50.7 Å². The number of thiazole rings is 1. The summed E-state index contributed by atoms with van der Waals surface area (Å²) in [5.74, 6) is -0.433. The molecule has 2 aliphatic heterocycles. The molecule has 0 aliphatic carbocycles. The zero-order valence-corrected chi connectivity index (χ0v) is 19.6. The molecular formula is C26H28N4O2S. The molecule has 0 spiro atoms. The number of piperazine rings is 1. The van der Waals surface area contributed by atoms with Crippen molar-refractivity contribution in [3.8, 4) is 0 Å². The van der Waals surface area contributed by atoms with E-state index in [4.69, 9.17) is 0 Å². The SMILES string of the molecule is C[C@@H](c1nccs1)N1C(=O)c2cccc(N3CCN(CCCc4ccccc4)CC3)c2C1=O. The van der Waals surface area contributed by atoms with Gasteiger partial charge in [0.05, 0.1) is 22.9 Å². The topological polar surface area (TPSA) is 56.8 Å². The number of benzene rings is 2. The Morgan fingerprint density at radius 1 is 0.970 bits per heavy atom. The molecule has 0 saturated carbocycles. The minimum atomic E-state index is -0.369. The predicted octanol–water partition coefficient (Wildman–Crippen LogP) is 4.26. The number of aryl methyl sites for hydroxylation is 1. The third kappa shape index (κ3) is 4.30. The molecule has 5 rings (SSSR count). The quantitative estimate of drug-likeness (QED) is 0.493. The maximum absolute atomic E-state index is 13.4. The van der Waals surface area contributed by atoms with Gasteiger partial charge < -0.3 is 4.90 Å². The summed E-state index contributed by atoms with van der Waals surface area (Å²) in [6.45, 7) is 6.57. The van der Waals surface area contributed by atoms with Crippen LogP contribution in [0.3, 0.4) is 0 Å². The number of anilines is 1. The van der Waals surface area contributed by atoms with Crippen LogP contribution in [0.2, 0.25) is 0 Å². The summed E-state index contributed by atoms with van der Waals surface area (Å²) in [6, 6.07) is 15.9. The molecule has 0 unspecified atom stereocenters. The van der Waals surface area contributed by atoms with Gasteiger partial charge in [0, 0.05) is 37.8 Å². The Morgan fingerprint density at radius 2 is 1.76 bits per heavy atom. The van der Waals surface area contributed by atoms with Gasteiger partial charge in [-0.05, 0) is 44.0 Å². The number of carbonyl (C=O) groups is 2. The highest BCUT2D eigenvalue weighted by Crippen LogP contribution is 2.37. The monoisotopic (exact) mass is 460 g/mol. The summed E-state index contributed by atoms with van der Waals surface area (Å²) >= 11 is 1.46. The second-order valence-electron chi connectivity index (χ2n) is 8.64. The average Bonchev–Trinajstić information content (AvgIpc) is 3.47. The Balaban J connectivity index is 1.24. The summed E-state index contributed by atoms with van der Waals surface area (Å²) in [6.07, 6.45) is 3.94. The predicted molar refractivity (Wildman–Crippen MR) is 131 cm³/mol. The van der Waals surface area contributed by atoms with Gasteiger partial charge in [-0.3, -0.25) is 19.4 Å². The zero-order valence-electron chi connectivity index (χ0n) is 18.8. The van der Waals surface area contributed by atoms with E-state index in [9.17, 15) is 9.59 Å². The highest BCUT2D eigenvalue weighted by Gasteiger charge is 2.42. The molecule has 1 aromatic heterocycles. The van der Waals surface area contributed by atoms with Gasteiger partial charge in [-0.1, -0.05) is 36.4 Å². The van der Waals surface area contributed by atoms with Crippen LogP contribution < -0.4 is 4.90 Å². The van der Waals surface area contributed by atoms with Crippen molar-refractivity contribution < 1.29 is 9.59 Å². The first kappa shape index (κ1) is 21.8. The Hall–Kier alpha value is -3.03. The van der Waals surface area contributed by atoms with Gasteiger partial charge in [0.2, 0.25) is 0 Å². The second kappa shape index (κ2) is 9.45. The van der Waals surface area contributed by atoms with Gasteiger partial charge in [0.1, 0.15) is 5.01 Å². The summed E-state index contributed by atoms with van der Waals surface area (Å²) in [4.78, 5) is 36.9. The first-order chi connectivity index (χ1) is 16.1. The van der Waals surface area contributed by atoms with E-state index in [1.165, 1.54) is 21.8 Å². The van der Waals surface area contributed by atoms with E-state index in [1.807, 2.05) is 24.4 Å². The molecule has 1 saturated heterocycles. The van der Waals surface area contributed by atoms with Crippen LogP contribution in [0.15, 0.2) is 60.1 Å². The number of aromatic nitrogens is 1. The first-order valence-electron chi connectivity index (χ1n) is 11.5. The molecule has 2 aromatic carbocycles. The lowest BCUT2D eigenvalue weighted by Gasteiger charge is -2.36. The molecule has 3 aromatic rings. The maximum atomic E-state index is 13.4. The normalized spacial score (nSPS) is 17.5. The number of amides is 2. The molecule has 0 radical (unpaired) electrons. The van der Waals surface area contributed by atoms with Crippen molar-refractivity contribution in [2.24, 2.45) is 0 Å². The summed E-state index contributed by atoms with van der Waals surface area (Å²) in [5.41, 5.74) is 3.31. The van der Waals surface area contributed by atoms with Crippen molar-refractivity contribution in [2.75, 3.05) is 37.6 Å². The Kier molecular flexibility index (Phi) is 6.24. The van der Waals surface area contributed by atoms with Gasteiger partial charge in [0.15, 0.2) is 0 Å². The molecule has 2 amide bonds. The lowest BCUT2D eigenvalue weighted by Crippen LogP contribution is -2.47. The molecular weight excluding hydrogens is 432 g/mol. The number of fused-ring (bicyclic) bond motifs is 1. The van der Waals surface area contributed by atoms with Crippen LogP contribution in [0, 0.1) is 0 Å². The molecule has 1 fully saturated rings. The molecule has 33 heavy (non-hydrogen) atoms. The molecule has 1 atom stereocenters. The minimum Gasteiger partial charge on any atom is -0.368 e. The molecule has 0 N–H and O–H groups in total. The largest absolute Gasteiger partial charge is 0.368 e. The molecule has 3 heterocycles. The van der Waals surface area contributed by atoms with Crippen LogP contribution >= 0.6 is 11.3 Å².